The third-order valence-corrected chi connectivity index (χ3v) is 4.71. The highest BCUT2D eigenvalue weighted by Crippen LogP contribution is 2.36. The molecular formula is C21H20N2O6. The molecule has 1 N–H and O–H groups in total. The third-order valence-electron chi connectivity index (χ3n) is 4.71. The van der Waals surface area contributed by atoms with Gasteiger partial charge in [-0.05, 0) is 29.8 Å². The Morgan fingerprint density at radius 2 is 1.76 bits per heavy atom. The first-order valence-corrected chi connectivity index (χ1v) is 9.03. The number of methoxy groups -OCH3 is 2. The van der Waals surface area contributed by atoms with Crippen molar-refractivity contribution in [3.05, 3.63) is 53.7 Å². The Bertz CT molecular complexity index is 983. The molecule has 0 bridgehead atoms. The summed E-state index contributed by atoms with van der Waals surface area (Å²) in [6, 6.07) is 12.2. The molecule has 29 heavy (non-hydrogen) atoms. The van der Waals surface area contributed by atoms with Crippen LogP contribution in [-0.2, 0) is 14.3 Å². The highest BCUT2D eigenvalue weighted by molar-refractivity contribution is 6.36. The minimum absolute atomic E-state index is 0.154. The Hall–Kier alpha value is -3.52. The molecule has 0 radical (unpaired) electrons. The van der Waals surface area contributed by atoms with Crippen LogP contribution in [0.4, 0.5) is 5.69 Å². The number of hydrogen-bond donors (Lipinski definition) is 1. The standard InChI is InChI=1S/C21H20N2O6/c1-26-10-9-23-20(24)18(13-3-6-15(27-2)7-4-13)19(21(23)25)22-14-5-8-16-17(11-14)29-12-28-16/h3-8,11,22H,9-10,12H2,1-2H3. The van der Waals surface area contributed by atoms with E-state index >= 15 is 0 Å². The maximum atomic E-state index is 13.0. The number of rotatable bonds is 7. The van der Waals surface area contributed by atoms with E-state index in [-0.39, 0.29) is 31.5 Å². The summed E-state index contributed by atoms with van der Waals surface area (Å²) in [5, 5.41) is 3.09. The van der Waals surface area contributed by atoms with Crippen molar-refractivity contribution in [2.24, 2.45) is 0 Å². The van der Waals surface area contributed by atoms with E-state index in [1.54, 1.807) is 49.6 Å². The number of ether oxygens (including phenoxy) is 4. The van der Waals surface area contributed by atoms with E-state index in [4.69, 9.17) is 18.9 Å². The van der Waals surface area contributed by atoms with Gasteiger partial charge in [-0.2, -0.15) is 0 Å². The average Bonchev–Trinajstić information content (AvgIpc) is 3.29. The lowest BCUT2D eigenvalue weighted by Gasteiger charge is -2.14. The lowest BCUT2D eigenvalue weighted by molar-refractivity contribution is -0.137. The predicted molar refractivity (Wildman–Crippen MR) is 105 cm³/mol. The molecule has 2 heterocycles. The Balaban J connectivity index is 1.72. The second kappa shape index (κ2) is 7.84. The van der Waals surface area contributed by atoms with Gasteiger partial charge in [-0.3, -0.25) is 14.5 Å². The summed E-state index contributed by atoms with van der Waals surface area (Å²) < 4.78 is 20.9. The number of imide groups is 1. The molecule has 4 rings (SSSR count). The van der Waals surface area contributed by atoms with Crippen molar-refractivity contribution >= 4 is 23.1 Å². The Kier molecular flexibility index (Phi) is 5.09. The van der Waals surface area contributed by atoms with E-state index in [2.05, 4.69) is 5.32 Å². The molecule has 0 aliphatic carbocycles. The molecule has 0 atom stereocenters. The van der Waals surface area contributed by atoms with E-state index < -0.39 is 5.91 Å². The largest absolute Gasteiger partial charge is 0.497 e. The summed E-state index contributed by atoms with van der Waals surface area (Å²) in [4.78, 5) is 27.2. The summed E-state index contributed by atoms with van der Waals surface area (Å²) in [6.45, 7) is 0.575. The number of benzene rings is 2. The zero-order chi connectivity index (χ0) is 20.4. The maximum absolute atomic E-state index is 13.0. The van der Waals surface area contributed by atoms with Gasteiger partial charge in [-0.1, -0.05) is 12.1 Å². The van der Waals surface area contributed by atoms with Crippen molar-refractivity contribution < 1.29 is 28.5 Å². The van der Waals surface area contributed by atoms with Gasteiger partial charge in [-0.25, -0.2) is 0 Å². The van der Waals surface area contributed by atoms with E-state index in [0.717, 1.165) is 0 Å². The molecule has 2 aromatic carbocycles. The second-order valence-corrected chi connectivity index (χ2v) is 6.43. The van der Waals surface area contributed by atoms with E-state index in [1.165, 1.54) is 12.0 Å². The number of hydrogen-bond acceptors (Lipinski definition) is 7. The van der Waals surface area contributed by atoms with Crippen LogP contribution in [0.3, 0.4) is 0 Å². The number of amides is 2. The number of carbonyl (C=O) groups excluding carboxylic acids is 2. The molecular weight excluding hydrogens is 376 g/mol. The molecule has 8 heteroatoms. The summed E-state index contributed by atoms with van der Waals surface area (Å²) in [6.07, 6.45) is 0. The number of nitrogens with one attached hydrogen (secondary N) is 1. The van der Waals surface area contributed by atoms with Gasteiger partial charge in [0.05, 0.1) is 25.8 Å². The molecule has 0 saturated carbocycles. The molecule has 2 amide bonds. The van der Waals surface area contributed by atoms with Crippen molar-refractivity contribution in [2.45, 2.75) is 0 Å². The van der Waals surface area contributed by atoms with Gasteiger partial charge in [0, 0.05) is 18.9 Å². The smallest absolute Gasteiger partial charge is 0.278 e. The van der Waals surface area contributed by atoms with E-state index in [9.17, 15) is 9.59 Å². The van der Waals surface area contributed by atoms with Crippen LogP contribution in [0.1, 0.15) is 5.56 Å². The fourth-order valence-corrected chi connectivity index (χ4v) is 3.22. The quantitative estimate of drug-likeness (QED) is 0.719. The summed E-state index contributed by atoms with van der Waals surface area (Å²) in [7, 11) is 3.09. The van der Waals surface area contributed by atoms with Gasteiger partial charge < -0.3 is 24.3 Å². The minimum Gasteiger partial charge on any atom is -0.497 e. The van der Waals surface area contributed by atoms with Crippen molar-refractivity contribution in [2.75, 3.05) is 39.5 Å². The lowest BCUT2D eigenvalue weighted by Crippen LogP contribution is -2.35. The number of nitrogens with zero attached hydrogens (tertiary/aromatic N) is 1. The highest BCUT2D eigenvalue weighted by Gasteiger charge is 2.39. The summed E-state index contributed by atoms with van der Waals surface area (Å²) in [5.41, 5.74) is 1.74. The normalized spacial score (nSPS) is 15.3. The Labute approximate surface area is 167 Å². The SMILES string of the molecule is COCCN1C(=O)C(Nc2ccc3c(c2)OCO3)=C(c2ccc(OC)cc2)C1=O. The number of anilines is 1. The first-order valence-electron chi connectivity index (χ1n) is 9.03. The van der Waals surface area contributed by atoms with Crippen LogP contribution in [0, 0.1) is 0 Å². The molecule has 0 saturated heterocycles. The number of carbonyl (C=O) groups is 2. The van der Waals surface area contributed by atoms with Crippen molar-refractivity contribution in [3.63, 3.8) is 0 Å². The monoisotopic (exact) mass is 396 g/mol. The third kappa shape index (κ3) is 3.50. The second-order valence-electron chi connectivity index (χ2n) is 6.43. The summed E-state index contributed by atoms with van der Waals surface area (Å²) in [5.74, 6) is 1.09. The molecule has 2 aliphatic heterocycles. The predicted octanol–water partition coefficient (Wildman–Crippen LogP) is 2.26. The minimum atomic E-state index is -0.407. The molecule has 0 aromatic heterocycles. The van der Waals surface area contributed by atoms with Crippen molar-refractivity contribution in [3.8, 4) is 17.2 Å². The van der Waals surface area contributed by atoms with Gasteiger partial charge in [0.1, 0.15) is 11.4 Å². The zero-order valence-corrected chi connectivity index (χ0v) is 16.1. The summed E-state index contributed by atoms with van der Waals surface area (Å²) >= 11 is 0. The highest BCUT2D eigenvalue weighted by atomic mass is 16.7. The van der Waals surface area contributed by atoms with E-state index in [0.29, 0.717) is 34.1 Å². The molecule has 0 spiro atoms. The maximum Gasteiger partial charge on any atom is 0.278 e. The molecule has 0 unspecified atom stereocenters. The molecule has 2 aromatic rings. The van der Waals surface area contributed by atoms with Gasteiger partial charge in [0.25, 0.3) is 11.8 Å². The van der Waals surface area contributed by atoms with Crippen LogP contribution in [0.2, 0.25) is 0 Å². The van der Waals surface area contributed by atoms with Gasteiger partial charge in [0.15, 0.2) is 11.5 Å². The Morgan fingerprint density at radius 1 is 1.00 bits per heavy atom. The van der Waals surface area contributed by atoms with Crippen LogP contribution >= 0.6 is 0 Å². The van der Waals surface area contributed by atoms with E-state index in [1.807, 2.05) is 0 Å². The zero-order valence-electron chi connectivity index (χ0n) is 16.1. The van der Waals surface area contributed by atoms with Crippen LogP contribution in [0.25, 0.3) is 5.57 Å². The average molecular weight is 396 g/mol. The molecule has 2 aliphatic rings. The van der Waals surface area contributed by atoms with Crippen molar-refractivity contribution in [1.82, 2.24) is 4.90 Å². The lowest BCUT2D eigenvalue weighted by atomic mass is 10.0. The fraction of sp³-hybridized carbons (Fsp3) is 0.238. The van der Waals surface area contributed by atoms with Crippen molar-refractivity contribution in [1.29, 1.82) is 0 Å². The van der Waals surface area contributed by atoms with Crippen LogP contribution < -0.4 is 19.5 Å². The van der Waals surface area contributed by atoms with Gasteiger partial charge in [-0.15, -0.1) is 0 Å². The van der Waals surface area contributed by atoms with Gasteiger partial charge in [0.2, 0.25) is 6.79 Å². The Morgan fingerprint density at radius 3 is 2.48 bits per heavy atom. The topological polar surface area (TPSA) is 86.3 Å². The molecule has 150 valence electrons. The molecule has 0 fully saturated rings. The first-order chi connectivity index (χ1) is 14.1. The number of fused-ring (bicyclic) bond motifs is 1. The van der Waals surface area contributed by atoms with Crippen LogP contribution in [0.15, 0.2) is 48.2 Å². The van der Waals surface area contributed by atoms with Crippen LogP contribution in [0.5, 0.6) is 17.2 Å². The first kappa shape index (κ1) is 18.8. The van der Waals surface area contributed by atoms with Gasteiger partial charge >= 0.3 is 0 Å². The fourth-order valence-electron chi connectivity index (χ4n) is 3.22. The molecule has 8 nitrogen and oxygen atoms in total. The van der Waals surface area contributed by atoms with Crippen LogP contribution in [-0.4, -0.2) is 50.9 Å².